The fourth-order valence-electron chi connectivity index (χ4n) is 5.47. The van der Waals surface area contributed by atoms with E-state index in [0.717, 1.165) is 25.7 Å². The van der Waals surface area contributed by atoms with E-state index in [2.05, 4.69) is 59.4 Å². The van der Waals surface area contributed by atoms with Gasteiger partial charge in [-0.1, -0.05) is 26.0 Å². The Kier molecular flexibility index (Phi) is 7.25. The summed E-state index contributed by atoms with van der Waals surface area (Å²) < 4.78 is 0. The number of anilines is 1. The third kappa shape index (κ3) is 6.49. The molecule has 0 radical (unpaired) electrons. The molecule has 4 amide bonds. The highest BCUT2D eigenvalue weighted by Gasteiger charge is 2.30. The van der Waals surface area contributed by atoms with Crippen molar-refractivity contribution in [1.82, 2.24) is 16.0 Å². The minimum Gasteiger partial charge on any atom is -0.382 e. The van der Waals surface area contributed by atoms with Crippen molar-refractivity contribution < 1.29 is 14.4 Å². The van der Waals surface area contributed by atoms with Crippen LogP contribution in [0.1, 0.15) is 83.1 Å². The second-order valence-electron chi connectivity index (χ2n) is 10.9. The number of rotatable bonds is 6. The lowest BCUT2D eigenvalue weighted by atomic mass is 9.71. The van der Waals surface area contributed by atoms with E-state index in [0.29, 0.717) is 29.8 Å². The van der Waals surface area contributed by atoms with Crippen molar-refractivity contribution in [2.75, 3.05) is 11.9 Å². The summed E-state index contributed by atoms with van der Waals surface area (Å²) in [6, 6.07) is 8.15. The molecular formula is C26H38N4O3. The van der Waals surface area contributed by atoms with Crippen LogP contribution < -0.4 is 21.3 Å². The van der Waals surface area contributed by atoms with Gasteiger partial charge in [0.05, 0.1) is 6.42 Å². The van der Waals surface area contributed by atoms with E-state index < -0.39 is 18.0 Å². The molecule has 7 nitrogen and oxygen atoms in total. The smallest absolute Gasteiger partial charge is 0.322 e. The van der Waals surface area contributed by atoms with E-state index in [9.17, 15) is 14.4 Å². The lowest BCUT2D eigenvalue weighted by molar-refractivity contribution is -0.129. The standard InChI is InChI=1S/C26H38N4O3/c1-26(2)13-11-19(12-14-26)18-5-9-21(10-6-18)28-20-7-3-17(4-8-20)16-27-24(32)22-15-23(31)30-25(33)29-22/h5-6,9-10,17,19-20,22,28H,3-4,7-8,11-16H2,1-2H3,(H,27,32)(H2,29,30,31,33). The van der Waals surface area contributed by atoms with Gasteiger partial charge >= 0.3 is 6.03 Å². The van der Waals surface area contributed by atoms with E-state index in [1.165, 1.54) is 36.9 Å². The monoisotopic (exact) mass is 454 g/mol. The van der Waals surface area contributed by atoms with E-state index in [4.69, 9.17) is 0 Å². The third-order valence-corrected chi connectivity index (χ3v) is 7.77. The molecule has 1 aromatic rings. The Morgan fingerprint density at radius 3 is 2.30 bits per heavy atom. The number of nitrogens with one attached hydrogen (secondary N) is 4. The molecule has 2 saturated carbocycles. The predicted molar refractivity (Wildman–Crippen MR) is 129 cm³/mol. The molecule has 1 heterocycles. The Morgan fingerprint density at radius 1 is 1.00 bits per heavy atom. The zero-order valence-electron chi connectivity index (χ0n) is 19.9. The van der Waals surface area contributed by atoms with Gasteiger partial charge < -0.3 is 16.0 Å². The normalized spacial score (nSPS) is 27.9. The SMILES string of the molecule is CC1(C)CCC(c2ccc(NC3CCC(CNC(=O)C4CC(=O)NC(=O)N4)CC3)cc2)CC1. The van der Waals surface area contributed by atoms with Crippen LogP contribution in [0.5, 0.6) is 0 Å². The van der Waals surface area contributed by atoms with Crippen LogP contribution >= 0.6 is 0 Å². The van der Waals surface area contributed by atoms with Crippen molar-refractivity contribution in [2.45, 2.75) is 89.6 Å². The number of hydrogen-bond acceptors (Lipinski definition) is 4. The highest BCUT2D eigenvalue weighted by molar-refractivity contribution is 6.02. The molecule has 4 rings (SSSR count). The summed E-state index contributed by atoms with van der Waals surface area (Å²) in [6.07, 6.45) is 9.44. The Labute approximate surface area is 196 Å². The van der Waals surface area contributed by atoms with Crippen LogP contribution in [0.15, 0.2) is 24.3 Å². The van der Waals surface area contributed by atoms with Gasteiger partial charge in [0, 0.05) is 18.3 Å². The van der Waals surface area contributed by atoms with Crippen molar-refractivity contribution in [3.05, 3.63) is 29.8 Å². The summed E-state index contributed by atoms with van der Waals surface area (Å²) in [6.45, 7) is 5.36. The van der Waals surface area contributed by atoms with Gasteiger partial charge in [-0.3, -0.25) is 14.9 Å². The first-order valence-electron chi connectivity index (χ1n) is 12.5. The zero-order chi connectivity index (χ0) is 23.4. The van der Waals surface area contributed by atoms with E-state index in [1.807, 2.05) is 0 Å². The Hall–Kier alpha value is -2.57. The zero-order valence-corrected chi connectivity index (χ0v) is 19.9. The summed E-state index contributed by atoms with van der Waals surface area (Å²) in [5, 5.41) is 11.3. The van der Waals surface area contributed by atoms with Crippen molar-refractivity contribution in [1.29, 1.82) is 0 Å². The molecule has 0 aromatic heterocycles. The maximum atomic E-state index is 12.3. The van der Waals surface area contributed by atoms with Crippen molar-refractivity contribution in [3.63, 3.8) is 0 Å². The van der Waals surface area contributed by atoms with Crippen LogP contribution in [0.3, 0.4) is 0 Å². The van der Waals surface area contributed by atoms with Crippen LogP contribution in [0.2, 0.25) is 0 Å². The molecule has 2 aliphatic carbocycles. The molecule has 3 fully saturated rings. The molecule has 7 heteroatoms. The van der Waals surface area contributed by atoms with Crippen LogP contribution in [0.25, 0.3) is 0 Å². The summed E-state index contributed by atoms with van der Waals surface area (Å²) in [4.78, 5) is 35.1. The number of urea groups is 1. The van der Waals surface area contributed by atoms with Crippen molar-refractivity contribution in [2.24, 2.45) is 11.3 Å². The average Bonchev–Trinajstić information content (AvgIpc) is 2.78. The fourth-order valence-corrected chi connectivity index (χ4v) is 5.47. The number of hydrogen-bond donors (Lipinski definition) is 4. The highest BCUT2D eigenvalue weighted by Crippen LogP contribution is 2.42. The molecule has 4 N–H and O–H groups in total. The molecule has 33 heavy (non-hydrogen) atoms. The molecule has 0 spiro atoms. The van der Waals surface area contributed by atoms with Gasteiger partial charge in [0.15, 0.2) is 0 Å². The topological polar surface area (TPSA) is 99.3 Å². The first kappa shape index (κ1) is 23.6. The van der Waals surface area contributed by atoms with Gasteiger partial charge in [0.25, 0.3) is 0 Å². The number of benzene rings is 1. The van der Waals surface area contributed by atoms with Crippen LogP contribution in [-0.2, 0) is 9.59 Å². The third-order valence-electron chi connectivity index (χ3n) is 7.77. The van der Waals surface area contributed by atoms with Gasteiger partial charge in [-0.2, -0.15) is 0 Å². The van der Waals surface area contributed by atoms with E-state index in [-0.39, 0.29) is 12.3 Å². The molecule has 1 atom stereocenters. The molecule has 1 aromatic carbocycles. The Morgan fingerprint density at radius 2 is 1.67 bits per heavy atom. The first-order valence-corrected chi connectivity index (χ1v) is 12.5. The quantitative estimate of drug-likeness (QED) is 0.521. The highest BCUT2D eigenvalue weighted by atomic mass is 16.2. The summed E-state index contributed by atoms with van der Waals surface area (Å²) in [5.74, 6) is 0.438. The van der Waals surface area contributed by atoms with Crippen molar-refractivity contribution >= 4 is 23.5 Å². The lowest BCUT2D eigenvalue weighted by Crippen LogP contribution is -2.58. The molecular weight excluding hydrogens is 416 g/mol. The molecule has 1 saturated heterocycles. The maximum absolute atomic E-state index is 12.3. The van der Waals surface area contributed by atoms with Crippen LogP contribution in [0.4, 0.5) is 10.5 Å². The number of imide groups is 1. The van der Waals surface area contributed by atoms with Crippen LogP contribution in [0, 0.1) is 11.3 Å². The van der Waals surface area contributed by atoms with Gasteiger partial charge in [0.1, 0.15) is 6.04 Å². The summed E-state index contributed by atoms with van der Waals surface area (Å²) >= 11 is 0. The van der Waals surface area contributed by atoms with Gasteiger partial charge in [-0.05, 0) is 86.3 Å². The number of amides is 4. The van der Waals surface area contributed by atoms with Gasteiger partial charge in [-0.25, -0.2) is 4.79 Å². The molecule has 1 unspecified atom stereocenters. The molecule has 180 valence electrons. The Balaban J connectivity index is 1.17. The second-order valence-corrected chi connectivity index (χ2v) is 10.9. The average molecular weight is 455 g/mol. The van der Waals surface area contributed by atoms with E-state index in [1.54, 1.807) is 0 Å². The largest absolute Gasteiger partial charge is 0.382 e. The Bertz CT molecular complexity index is 833. The molecule has 1 aliphatic heterocycles. The van der Waals surface area contributed by atoms with E-state index >= 15 is 0 Å². The second kappa shape index (κ2) is 10.1. The minimum atomic E-state index is -0.771. The number of carbonyl (C=O) groups excluding carboxylic acids is 3. The summed E-state index contributed by atoms with van der Waals surface area (Å²) in [7, 11) is 0. The summed E-state index contributed by atoms with van der Waals surface area (Å²) in [5.41, 5.74) is 3.17. The van der Waals surface area contributed by atoms with Gasteiger partial charge in [-0.15, -0.1) is 0 Å². The lowest BCUT2D eigenvalue weighted by Gasteiger charge is -2.34. The number of carbonyl (C=O) groups is 3. The van der Waals surface area contributed by atoms with Crippen molar-refractivity contribution in [3.8, 4) is 0 Å². The fraction of sp³-hybridized carbons (Fsp3) is 0.654. The first-order chi connectivity index (χ1) is 15.8. The predicted octanol–water partition coefficient (Wildman–Crippen LogP) is 4.06. The van der Waals surface area contributed by atoms with Gasteiger partial charge in [0.2, 0.25) is 11.8 Å². The maximum Gasteiger partial charge on any atom is 0.322 e. The molecule has 0 bridgehead atoms. The molecule has 3 aliphatic rings. The van der Waals surface area contributed by atoms with Crippen LogP contribution in [-0.4, -0.2) is 36.5 Å². The minimum absolute atomic E-state index is 0.00818.